The van der Waals surface area contributed by atoms with Crippen LogP contribution in [0.2, 0.25) is 0 Å². The Hall–Kier alpha value is -0.910. The van der Waals surface area contributed by atoms with E-state index in [0.717, 1.165) is 25.0 Å². The number of rotatable bonds is 7. The molecule has 1 aliphatic carbocycles. The first kappa shape index (κ1) is 23.1. The topological polar surface area (TPSA) is 67.4 Å². The number of carbonyl (C=O) groups excluding carboxylic acids is 2. The Bertz CT molecular complexity index is 476. The van der Waals surface area contributed by atoms with Crippen molar-refractivity contribution in [2.24, 2.45) is 11.3 Å². The molecule has 0 aromatic rings. The van der Waals surface area contributed by atoms with Crippen molar-refractivity contribution in [1.82, 2.24) is 10.6 Å². The van der Waals surface area contributed by atoms with Gasteiger partial charge in [0.1, 0.15) is 11.6 Å². The first-order valence-electron chi connectivity index (χ1n) is 9.75. The van der Waals surface area contributed by atoms with Crippen LogP contribution in [-0.4, -0.2) is 41.7 Å². The third-order valence-corrected chi connectivity index (χ3v) is 6.02. The molecule has 0 aromatic carbocycles. The molecule has 152 valence electrons. The second kappa shape index (κ2) is 9.86. The number of carbonyl (C=O) groups is 2. The van der Waals surface area contributed by atoms with Gasteiger partial charge in [-0.25, -0.2) is 4.79 Å². The van der Waals surface area contributed by atoms with E-state index in [1.807, 2.05) is 27.0 Å². The Morgan fingerprint density at radius 2 is 1.96 bits per heavy atom. The average Bonchev–Trinajstić information content (AvgIpc) is 2.49. The van der Waals surface area contributed by atoms with Gasteiger partial charge < -0.3 is 15.4 Å². The molecule has 6 heteroatoms. The fourth-order valence-corrected chi connectivity index (χ4v) is 3.89. The summed E-state index contributed by atoms with van der Waals surface area (Å²) in [5.74, 6) is 1.31. The molecule has 5 nitrogen and oxygen atoms in total. The van der Waals surface area contributed by atoms with Crippen molar-refractivity contribution in [3.63, 3.8) is 0 Å². The summed E-state index contributed by atoms with van der Waals surface area (Å²) in [6.45, 7) is 12.3. The third-order valence-electron chi connectivity index (χ3n) is 5.37. The van der Waals surface area contributed by atoms with E-state index >= 15 is 0 Å². The van der Waals surface area contributed by atoms with Crippen LogP contribution in [0.5, 0.6) is 0 Å². The van der Waals surface area contributed by atoms with E-state index in [1.165, 1.54) is 6.42 Å². The molecule has 26 heavy (non-hydrogen) atoms. The number of nitrogens with one attached hydrogen (secondary N) is 2. The van der Waals surface area contributed by atoms with E-state index in [9.17, 15) is 9.59 Å². The maximum Gasteiger partial charge on any atom is 0.408 e. The molecule has 1 aliphatic rings. The first-order chi connectivity index (χ1) is 12.0. The molecule has 0 aliphatic heterocycles. The van der Waals surface area contributed by atoms with E-state index in [0.29, 0.717) is 12.3 Å². The number of thioether (sulfide) groups is 1. The largest absolute Gasteiger partial charge is 0.444 e. The quantitative estimate of drug-likeness (QED) is 0.682. The van der Waals surface area contributed by atoms with Gasteiger partial charge in [0, 0.05) is 6.04 Å². The van der Waals surface area contributed by atoms with Crippen LogP contribution < -0.4 is 10.6 Å². The summed E-state index contributed by atoms with van der Waals surface area (Å²) in [6, 6.07) is -0.370. The molecule has 0 aromatic heterocycles. The van der Waals surface area contributed by atoms with Gasteiger partial charge in [0.05, 0.1) is 0 Å². The Morgan fingerprint density at radius 3 is 2.50 bits per heavy atom. The lowest BCUT2D eigenvalue weighted by molar-refractivity contribution is -0.124. The molecule has 2 N–H and O–H groups in total. The predicted octanol–water partition coefficient (Wildman–Crippen LogP) is 4.35. The molecule has 0 saturated heterocycles. The van der Waals surface area contributed by atoms with E-state index in [4.69, 9.17) is 4.74 Å². The summed E-state index contributed by atoms with van der Waals surface area (Å²) in [7, 11) is 0. The molecular weight excluding hydrogens is 348 g/mol. The minimum Gasteiger partial charge on any atom is -0.444 e. The zero-order valence-electron chi connectivity index (χ0n) is 17.6. The van der Waals surface area contributed by atoms with Crippen LogP contribution in [0.4, 0.5) is 4.79 Å². The minimum absolute atomic E-state index is 0.0945. The van der Waals surface area contributed by atoms with Crippen LogP contribution in [0.25, 0.3) is 0 Å². The van der Waals surface area contributed by atoms with Crippen molar-refractivity contribution < 1.29 is 14.3 Å². The van der Waals surface area contributed by atoms with Gasteiger partial charge >= 0.3 is 6.09 Å². The van der Waals surface area contributed by atoms with E-state index in [2.05, 4.69) is 31.4 Å². The van der Waals surface area contributed by atoms with Crippen molar-refractivity contribution in [2.45, 2.75) is 91.3 Å². The van der Waals surface area contributed by atoms with Crippen molar-refractivity contribution in [2.75, 3.05) is 12.0 Å². The third kappa shape index (κ3) is 7.77. The summed E-state index contributed by atoms with van der Waals surface area (Å²) in [4.78, 5) is 24.9. The van der Waals surface area contributed by atoms with Crippen LogP contribution in [0.1, 0.15) is 73.6 Å². The van der Waals surface area contributed by atoms with Crippen molar-refractivity contribution in [3.8, 4) is 0 Å². The highest BCUT2D eigenvalue weighted by atomic mass is 32.2. The van der Waals surface area contributed by atoms with Gasteiger partial charge in [0.2, 0.25) is 5.91 Å². The second-order valence-electron chi connectivity index (χ2n) is 9.09. The summed E-state index contributed by atoms with van der Waals surface area (Å²) in [5.41, 5.74) is -0.309. The highest BCUT2D eigenvalue weighted by Gasteiger charge is 2.36. The molecule has 1 saturated carbocycles. The normalized spacial score (nSPS) is 24.8. The number of alkyl carbamates (subject to hydrolysis) is 1. The van der Waals surface area contributed by atoms with Crippen LogP contribution in [0.15, 0.2) is 0 Å². The Balaban J connectivity index is 2.69. The molecule has 2 unspecified atom stereocenters. The van der Waals surface area contributed by atoms with Crippen LogP contribution in [-0.2, 0) is 9.53 Å². The lowest BCUT2D eigenvalue weighted by Crippen LogP contribution is -2.52. The van der Waals surface area contributed by atoms with Gasteiger partial charge in [-0.2, -0.15) is 11.8 Å². The van der Waals surface area contributed by atoms with Crippen molar-refractivity contribution in [3.05, 3.63) is 0 Å². The Morgan fingerprint density at radius 1 is 1.31 bits per heavy atom. The lowest BCUT2D eigenvalue weighted by Gasteiger charge is -2.42. The maximum absolute atomic E-state index is 12.8. The monoisotopic (exact) mass is 386 g/mol. The summed E-state index contributed by atoms with van der Waals surface area (Å²) in [6.07, 6.45) is 6.42. The zero-order valence-corrected chi connectivity index (χ0v) is 18.4. The summed E-state index contributed by atoms with van der Waals surface area (Å²) < 4.78 is 5.32. The van der Waals surface area contributed by atoms with Gasteiger partial charge in [0.15, 0.2) is 0 Å². The standard InChI is InChI=1S/C20H38N2O3S/c1-14(2)20(6)11-8-9-15(13-20)21-17(23)16(10-12-26-7)22-18(24)25-19(3,4)5/h14-16H,8-13H2,1-7H3,(H,21,23)(H,22,24)/t15?,16-,20?/m0/s1. The van der Waals surface area contributed by atoms with E-state index in [-0.39, 0.29) is 17.4 Å². The Kier molecular flexibility index (Phi) is 8.77. The molecule has 1 fully saturated rings. The molecule has 3 atom stereocenters. The van der Waals surface area contributed by atoms with Crippen LogP contribution in [0, 0.1) is 11.3 Å². The predicted molar refractivity (Wildman–Crippen MR) is 110 cm³/mol. The highest BCUT2D eigenvalue weighted by Crippen LogP contribution is 2.41. The number of hydrogen-bond donors (Lipinski definition) is 2. The fraction of sp³-hybridized carbons (Fsp3) is 0.900. The maximum atomic E-state index is 12.8. The van der Waals surface area contributed by atoms with E-state index in [1.54, 1.807) is 11.8 Å². The van der Waals surface area contributed by atoms with Gasteiger partial charge in [-0.15, -0.1) is 0 Å². The van der Waals surface area contributed by atoms with Crippen LogP contribution in [0.3, 0.4) is 0 Å². The minimum atomic E-state index is -0.576. The summed E-state index contributed by atoms with van der Waals surface area (Å²) in [5, 5.41) is 5.94. The fourth-order valence-electron chi connectivity index (χ4n) is 3.42. The molecule has 2 amide bonds. The Labute approximate surface area is 163 Å². The average molecular weight is 387 g/mol. The van der Waals surface area contributed by atoms with Crippen molar-refractivity contribution >= 4 is 23.8 Å². The smallest absolute Gasteiger partial charge is 0.408 e. The molecular formula is C20H38N2O3S. The zero-order chi connectivity index (χ0) is 20.0. The molecule has 1 rings (SSSR count). The molecule has 0 spiro atoms. The number of hydrogen-bond acceptors (Lipinski definition) is 4. The number of ether oxygens (including phenoxy) is 1. The molecule has 0 bridgehead atoms. The molecule has 0 radical (unpaired) electrons. The molecule has 0 heterocycles. The first-order valence-corrected chi connectivity index (χ1v) is 11.1. The highest BCUT2D eigenvalue weighted by molar-refractivity contribution is 7.98. The van der Waals surface area contributed by atoms with Crippen molar-refractivity contribution in [1.29, 1.82) is 0 Å². The van der Waals surface area contributed by atoms with Gasteiger partial charge in [0.25, 0.3) is 0 Å². The summed E-state index contributed by atoms with van der Waals surface area (Å²) >= 11 is 1.67. The lowest BCUT2D eigenvalue weighted by atomic mass is 9.67. The van der Waals surface area contributed by atoms with Crippen LogP contribution >= 0.6 is 11.8 Å². The number of amides is 2. The second-order valence-corrected chi connectivity index (χ2v) is 10.1. The van der Waals surface area contributed by atoms with Gasteiger partial charge in [-0.1, -0.05) is 27.2 Å². The van der Waals surface area contributed by atoms with Gasteiger partial charge in [-0.05, 0) is 69.8 Å². The SMILES string of the molecule is CSCC[C@H](NC(=O)OC(C)(C)C)C(=O)NC1CCCC(C)(C(C)C)C1. The van der Waals surface area contributed by atoms with Gasteiger partial charge in [-0.3, -0.25) is 4.79 Å². The van der Waals surface area contributed by atoms with E-state index < -0.39 is 17.7 Å².